The summed E-state index contributed by atoms with van der Waals surface area (Å²) < 4.78 is 0. The lowest BCUT2D eigenvalue weighted by molar-refractivity contribution is 0.0787. The van der Waals surface area contributed by atoms with Crippen LogP contribution in [0, 0.1) is 6.92 Å². The summed E-state index contributed by atoms with van der Waals surface area (Å²) >= 11 is 6.08. The number of rotatable bonds is 6. The molecule has 0 fully saturated rings. The Morgan fingerprint density at radius 2 is 2.04 bits per heavy atom. The van der Waals surface area contributed by atoms with Crippen LogP contribution >= 0.6 is 11.6 Å². The van der Waals surface area contributed by atoms with E-state index in [1.165, 1.54) is 12.3 Å². The van der Waals surface area contributed by atoms with Crippen molar-refractivity contribution in [3.63, 3.8) is 0 Å². The molecule has 0 atom stereocenters. The first-order valence-electron chi connectivity index (χ1n) is 8.22. The third-order valence-electron chi connectivity index (χ3n) is 3.95. The summed E-state index contributed by atoms with van der Waals surface area (Å²) in [5.74, 6) is -0.500. The van der Waals surface area contributed by atoms with E-state index in [-0.39, 0.29) is 17.5 Å². The molecular weight excluding hydrogens is 338 g/mol. The largest absolute Gasteiger partial charge is 0.340 e. The summed E-state index contributed by atoms with van der Waals surface area (Å²) in [6, 6.07) is 8.42. The van der Waals surface area contributed by atoms with Crippen molar-refractivity contribution >= 4 is 29.1 Å². The van der Waals surface area contributed by atoms with Gasteiger partial charge < -0.3 is 10.2 Å². The molecule has 2 amide bonds. The summed E-state index contributed by atoms with van der Waals surface area (Å²) in [6.45, 7) is 4.57. The van der Waals surface area contributed by atoms with Crippen LogP contribution in [0.5, 0.6) is 0 Å². The Morgan fingerprint density at radius 3 is 2.76 bits per heavy atom. The van der Waals surface area contributed by atoms with Gasteiger partial charge in [-0.15, -0.1) is 0 Å². The summed E-state index contributed by atoms with van der Waals surface area (Å²) in [5.41, 5.74) is 2.07. The molecule has 0 unspecified atom stereocenters. The molecule has 0 saturated carbocycles. The normalized spacial score (nSPS) is 10.4. The minimum atomic E-state index is -0.307. The number of benzene rings is 1. The Kier molecular flexibility index (Phi) is 6.53. The van der Waals surface area contributed by atoms with Gasteiger partial charge in [0.2, 0.25) is 0 Å². The molecule has 0 spiro atoms. The van der Waals surface area contributed by atoms with Gasteiger partial charge in [-0.1, -0.05) is 31.0 Å². The molecule has 25 heavy (non-hydrogen) atoms. The molecule has 5 nitrogen and oxygen atoms in total. The average molecular weight is 360 g/mol. The van der Waals surface area contributed by atoms with E-state index in [0.29, 0.717) is 22.8 Å². The predicted octanol–water partition coefficient (Wildman–Crippen LogP) is 4.17. The molecule has 6 heteroatoms. The number of nitrogens with zero attached hydrogens (tertiary/aromatic N) is 2. The second-order valence-electron chi connectivity index (χ2n) is 5.88. The number of anilines is 1. The van der Waals surface area contributed by atoms with E-state index >= 15 is 0 Å². The van der Waals surface area contributed by atoms with Crippen molar-refractivity contribution in [1.82, 2.24) is 9.88 Å². The number of nitrogens with one attached hydrogen (secondary N) is 1. The van der Waals surface area contributed by atoms with Gasteiger partial charge in [-0.05, 0) is 43.2 Å². The standard InChI is InChI=1S/C19H22ClN3O2/c1-4-5-11-23(3)19(25)17-12-14(9-10-21-17)18(24)22-16-8-6-7-15(20)13(16)2/h6-10,12H,4-5,11H2,1-3H3,(H,22,24). The summed E-state index contributed by atoms with van der Waals surface area (Å²) in [4.78, 5) is 30.6. The van der Waals surface area contributed by atoms with E-state index in [0.717, 1.165) is 18.4 Å². The number of hydrogen-bond acceptors (Lipinski definition) is 3. The van der Waals surface area contributed by atoms with Crippen LogP contribution in [0.1, 0.15) is 46.2 Å². The van der Waals surface area contributed by atoms with Crippen LogP contribution in [-0.2, 0) is 0 Å². The fourth-order valence-electron chi connectivity index (χ4n) is 2.32. The average Bonchev–Trinajstić information content (AvgIpc) is 2.62. The van der Waals surface area contributed by atoms with Crippen molar-refractivity contribution in [3.05, 3.63) is 58.4 Å². The van der Waals surface area contributed by atoms with E-state index in [1.54, 1.807) is 36.2 Å². The molecule has 1 N–H and O–H groups in total. The fraction of sp³-hybridized carbons (Fsp3) is 0.316. The molecular formula is C19H22ClN3O2. The van der Waals surface area contributed by atoms with Gasteiger partial charge in [-0.25, -0.2) is 0 Å². The Labute approximate surface area is 153 Å². The van der Waals surface area contributed by atoms with Crippen molar-refractivity contribution in [2.24, 2.45) is 0 Å². The quantitative estimate of drug-likeness (QED) is 0.842. The monoisotopic (exact) mass is 359 g/mol. The Bertz CT molecular complexity index is 777. The van der Waals surface area contributed by atoms with Crippen LogP contribution in [0.2, 0.25) is 5.02 Å². The first kappa shape index (κ1) is 18.9. The maximum absolute atomic E-state index is 12.5. The van der Waals surface area contributed by atoms with Gasteiger partial charge in [0.25, 0.3) is 11.8 Å². The Balaban J connectivity index is 2.16. The van der Waals surface area contributed by atoms with E-state index in [1.807, 2.05) is 6.92 Å². The smallest absolute Gasteiger partial charge is 0.272 e. The maximum atomic E-state index is 12.5. The Hall–Kier alpha value is -2.40. The second kappa shape index (κ2) is 8.62. The van der Waals surface area contributed by atoms with Crippen molar-refractivity contribution in [2.45, 2.75) is 26.7 Å². The summed E-state index contributed by atoms with van der Waals surface area (Å²) in [7, 11) is 1.74. The SMILES string of the molecule is CCCCN(C)C(=O)c1cc(C(=O)Nc2cccc(Cl)c2C)ccn1. The molecule has 1 heterocycles. The summed E-state index contributed by atoms with van der Waals surface area (Å²) in [6.07, 6.45) is 3.41. The zero-order chi connectivity index (χ0) is 18.4. The minimum Gasteiger partial charge on any atom is -0.340 e. The number of halogens is 1. The van der Waals surface area contributed by atoms with Crippen LogP contribution in [0.3, 0.4) is 0 Å². The van der Waals surface area contributed by atoms with Gasteiger partial charge in [0.1, 0.15) is 5.69 Å². The van der Waals surface area contributed by atoms with Gasteiger partial charge in [-0.2, -0.15) is 0 Å². The van der Waals surface area contributed by atoms with Crippen molar-refractivity contribution in [3.8, 4) is 0 Å². The number of carbonyl (C=O) groups is 2. The van der Waals surface area contributed by atoms with E-state index in [4.69, 9.17) is 11.6 Å². The third kappa shape index (κ3) is 4.79. The zero-order valence-corrected chi connectivity index (χ0v) is 15.4. The lowest BCUT2D eigenvalue weighted by Crippen LogP contribution is -2.28. The van der Waals surface area contributed by atoms with Gasteiger partial charge in [0, 0.05) is 36.1 Å². The number of hydrogen-bond donors (Lipinski definition) is 1. The lowest BCUT2D eigenvalue weighted by Gasteiger charge is -2.16. The van der Waals surface area contributed by atoms with E-state index < -0.39 is 0 Å². The van der Waals surface area contributed by atoms with Gasteiger partial charge >= 0.3 is 0 Å². The molecule has 0 saturated heterocycles. The van der Waals surface area contributed by atoms with Crippen LogP contribution in [0.25, 0.3) is 0 Å². The molecule has 0 aliphatic rings. The molecule has 2 aromatic rings. The van der Waals surface area contributed by atoms with Crippen LogP contribution < -0.4 is 5.32 Å². The molecule has 1 aromatic heterocycles. The third-order valence-corrected chi connectivity index (χ3v) is 4.36. The van der Waals surface area contributed by atoms with Crippen LogP contribution in [-0.4, -0.2) is 35.3 Å². The highest BCUT2D eigenvalue weighted by atomic mass is 35.5. The molecule has 1 aromatic carbocycles. The second-order valence-corrected chi connectivity index (χ2v) is 6.28. The number of carbonyl (C=O) groups excluding carboxylic acids is 2. The number of aromatic nitrogens is 1. The van der Waals surface area contributed by atoms with Crippen molar-refractivity contribution in [1.29, 1.82) is 0 Å². The van der Waals surface area contributed by atoms with E-state index in [2.05, 4.69) is 17.2 Å². The number of pyridine rings is 1. The van der Waals surface area contributed by atoms with E-state index in [9.17, 15) is 9.59 Å². The highest BCUT2D eigenvalue weighted by Crippen LogP contribution is 2.23. The van der Waals surface area contributed by atoms with Gasteiger partial charge in [-0.3, -0.25) is 14.6 Å². The number of amides is 2. The van der Waals surface area contributed by atoms with Gasteiger partial charge in [0.15, 0.2) is 0 Å². The molecule has 0 aliphatic heterocycles. The van der Waals surface area contributed by atoms with Crippen LogP contribution in [0.4, 0.5) is 5.69 Å². The predicted molar refractivity (Wildman–Crippen MR) is 100 cm³/mol. The van der Waals surface area contributed by atoms with Crippen molar-refractivity contribution in [2.75, 3.05) is 18.9 Å². The first-order chi connectivity index (χ1) is 11.9. The number of unbranched alkanes of at least 4 members (excludes halogenated alkanes) is 1. The fourth-order valence-corrected chi connectivity index (χ4v) is 2.49. The zero-order valence-electron chi connectivity index (χ0n) is 14.7. The first-order valence-corrected chi connectivity index (χ1v) is 8.59. The molecule has 0 bridgehead atoms. The molecule has 0 aliphatic carbocycles. The lowest BCUT2D eigenvalue weighted by atomic mass is 10.1. The molecule has 132 valence electrons. The molecule has 2 rings (SSSR count). The van der Waals surface area contributed by atoms with Gasteiger partial charge in [0.05, 0.1) is 0 Å². The Morgan fingerprint density at radius 1 is 1.28 bits per heavy atom. The summed E-state index contributed by atoms with van der Waals surface area (Å²) in [5, 5.41) is 3.41. The highest BCUT2D eigenvalue weighted by molar-refractivity contribution is 6.31. The van der Waals surface area contributed by atoms with Crippen molar-refractivity contribution < 1.29 is 9.59 Å². The molecule has 0 radical (unpaired) electrons. The highest BCUT2D eigenvalue weighted by Gasteiger charge is 2.16. The maximum Gasteiger partial charge on any atom is 0.272 e. The van der Waals surface area contributed by atoms with Crippen LogP contribution in [0.15, 0.2) is 36.5 Å². The minimum absolute atomic E-state index is 0.193. The topological polar surface area (TPSA) is 62.3 Å².